The van der Waals surface area contributed by atoms with Gasteiger partial charge in [-0.2, -0.15) is 0 Å². The van der Waals surface area contributed by atoms with Crippen LogP contribution in [0.5, 0.6) is 0 Å². The van der Waals surface area contributed by atoms with Crippen LogP contribution in [0.4, 0.5) is 0 Å². The lowest BCUT2D eigenvalue weighted by atomic mass is 9.99. The van der Waals surface area contributed by atoms with Gasteiger partial charge >= 0.3 is 0 Å². The van der Waals surface area contributed by atoms with Gasteiger partial charge in [-0.25, -0.2) is 0 Å². The molecular formula is C17H31NO2. The summed E-state index contributed by atoms with van der Waals surface area (Å²) in [4.78, 5) is 0. The van der Waals surface area contributed by atoms with Gasteiger partial charge < -0.3 is 14.8 Å². The molecule has 0 spiro atoms. The molecule has 0 unspecified atom stereocenters. The van der Waals surface area contributed by atoms with Gasteiger partial charge in [-0.1, -0.05) is 6.92 Å². The molecule has 2 atom stereocenters. The van der Waals surface area contributed by atoms with Crippen LogP contribution in [0, 0.1) is 6.92 Å². The first-order chi connectivity index (χ1) is 9.28. The Morgan fingerprint density at radius 2 is 1.95 bits per heavy atom. The molecule has 1 aromatic rings. The highest BCUT2D eigenvalue weighted by atomic mass is 16.3. The van der Waals surface area contributed by atoms with Crippen LogP contribution in [-0.2, 0) is 0 Å². The third-order valence-electron chi connectivity index (χ3n) is 3.74. The molecule has 1 rings (SSSR count). The predicted molar refractivity (Wildman–Crippen MR) is 84.1 cm³/mol. The summed E-state index contributed by atoms with van der Waals surface area (Å²) in [6.07, 6.45) is 4.12. The Morgan fingerprint density at radius 1 is 1.25 bits per heavy atom. The number of aryl methyl sites for hydroxylation is 1. The largest absolute Gasteiger partial charge is 0.466 e. The van der Waals surface area contributed by atoms with Crippen molar-refractivity contribution in [2.75, 3.05) is 6.54 Å². The van der Waals surface area contributed by atoms with Gasteiger partial charge in [-0.15, -0.1) is 0 Å². The minimum absolute atomic E-state index is 0.458. The number of aliphatic hydroxyl groups is 1. The number of hydrogen-bond donors (Lipinski definition) is 2. The van der Waals surface area contributed by atoms with Crippen LogP contribution in [-0.4, -0.2) is 23.3 Å². The van der Waals surface area contributed by atoms with Gasteiger partial charge in [0.25, 0.3) is 0 Å². The number of hydrogen-bond acceptors (Lipinski definition) is 3. The van der Waals surface area contributed by atoms with Gasteiger partial charge in [-0.05, 0) is 72.1 Å². The van der Waals surface area contributed by atoms with Crippen molar-refractivity contribution in [2.45, 2.75) is 77.9 Å². The van der Waals surface area contributed by atoms with E-state index < -0.39 is 5.60 Å². The number of nitrogens with one attached hydrogen (secondary N) is 1. The van der Waals surface area contributed by atoms with Crippen LogP contribution < -0.4 is 5.32 Å². The van der Waals surface area contributed by atoms with Gasteiger partial charge in [0.2, 0.25) is 0 Å². The molecular weight excluding hydrogens is 250 g/mol. The molecule has 0 amide bonds. The predicted octanol–water partition coefficient (Wildman–Crippen LogP) is 4.00. The molecule has 116 valence electrons. The van der Waals surface area contributed by atoms with E-state index in [-0.39, 0.29) is 0 Å². The van der Waals surface area contributed by atoms with Crippen LogP contribution in [0.1, 0.15) is 70.8 Å². The Bertz CT molecular complexity index is 379. The SMILES string of the molecule is Cc1ccc([C@@H](C)CCN[C@H](C)CCCC(C)(C)O)o1. The van der Waals surface area contributed by atoms with E-state index in [1.807, 2.05) is 26.8 Å². The van der Waals surface area contributed by atoms with Crippen LogP contribution in [0.25, 0.3) is 0 Å². The maximum Gasteiger partial charge on any atom is 0.107 e. The second kappa shape index (κ2) is 7.84. The zero-order chi connectivity index (χ0) is 15.2. The van der Waals surface area contributed by atoms with Crippen molar-refractivity contribution in [1.82, 2.24) is 5.32 Å². The Morgan fingerprint density at radius 3 is 2.50 bits per heavy atom. The van der Waals surface area contributed by atoms with Crippen molar-refractivity contribution in [3.63, 3.8) is 0 Å². The minimum Gasteiger partial charge on any atom is -0.466 e. The van der Waals surface area contributed by atoms with E-state index in [9.17, 15) is 5.11 Å². The van der Waals surface area contributed by atoms with Crippen LogP contribution in [0.15, 0.2) is 16.5 Å². The minimum atomic E-state index is -0.536. The second-order valence-corrected chi connectivity index (χ2v) is 6.70. The van der Waals surface area contributed by atoms with E-state index in [0.29, 0.717) is 12.0 Å². The average molecular weight is 281 g/mol. The van der Waals surface area contributed by atoms with E-state index >= 15 is 0 Å². The van der Waals surface area contributed by atoms with Crippen molar-refractivity contribution in [3.05, 3.63) is 23.7 Å². The Kier molecular flexibility index (Phi) is 6.77. The maximum absolute atomic E-state index is 9.68. The molecule has 0 saturated carbocycles. The summed E-state index contributed by atoms with van der Waals surface area (Å²) in [7, 11) is 0. The molecule has 0 aliphatic carbocycles. The molecule has 20 heavy (non-hydrogen) atoms. The van der Waals surface area contributed by atoms with Gasteiger partial charge in [0, 0.05) is 12.0 Å². The van der Waals surface area contributed by atoms with Crippen molar-refractivity contribution in [3.8, 4) is 0 Å². The zero-order valence-electron chi connectivity index (χ0n) is 13.7. The molecule has 0 aliphatic heterocycles. The van der Waals surface area contributed by atoms with E-state index in [1.165, 1.54) is 0 Å². The fourth-order valence-electron chi connectivity index (χ4n) is 2.35. The first-order valence-corrected chi connectivity index (χ1v) is 7.80. The highest BCUT2D eigenvalue weighted by Gasteiger charge is 2.13. The van der Waals surface area contributed by atoms with Crippen molar-refractivity contribution >= 4 is 0 Å². The zero-order valence-corrected chi connectivity index (χ0v) is 13.7. The van der Waals surface area contributed by atoms with Crippen molar-refractivity contribution < 1.29 is 9.52 Å². The standard InChI is InChI=1S/C17H31NO2/c1-13(16-9-8-15(3)20-16)10-12-18-14(2)7-6-11-17(4,5)19/h8-9,13-14,18-19H,6-7,10-12H2,1-5H3/t13-,14+/m0/s1. The average Bonchev–Trinajstić information content (AvgIpc) is 2.74. The van der Waals surface area contributed by atoms with E-state index in [0.717, 1.165) is 43.7 Å². The van der Waals surface area contributed by atoms with Gasteiger partial charge in [0.15, 0.2) is 0 Å². The van der Waals surface area contributed by atoms with Crippen LogP contribution >= 0.6 is 0 Å². The third-order valence-corrected chi connectivity index (χ3v) is 3.74. The van der Waals surface area contributed by atoms with Gasteiger partial charge in [0.1, 0.15) is 11.5 Å². The molecule has 2 N–H and O–H groups in total. The Hall–Kier alpha value is -0.800. The smallest absolute Gasteiger partial charge is 0.107 e. The molecule has 0 fully saturated rings. The quantitative estimate of drug-likeness (QED) is 0.719. The summed E-state index contributed by atoms with van der Waals surface area (Å²) < 4.78 is 5.65. The highest BCUT2D eigenvalue weighted by Crippen LogP contribution is 2.20. The van der Waals surface area contributed by atoms with E-state index in [2.05, 4.69) is 25.2 Å². The summed E-state index contributed by atoms with van der Waals surface area (Å²) in [5.74, 6) is 2.53. The van der Waals surface area contributed by atoms with Gasteiger partial charge in [0.05, 0.1) is 5.60 Å². The van der Waals surface area contributed by atoms with E-state index in [1.54, 1.807) is 0 Å². The fourth-order valence-corrected chi connectivity index (χ4v) is 2.35. The summed E-state index contributed by atoms with van der Waals surface area (Å²) in [6, 6.07) is 4.61. The highest BCUT2D eigenvalue weighted by molar-refractivity contribution is 5.09. The van der Waals surface area contributed by atoms with Crippen LogP contribution in [0.3, 0.4) is 0 Å². The Balaban J connectivity index is 2.14. The molecule has 0 aromatic carbocycles. The van der Waals surface area contributed by atoms with Crippen molar-refractivity contribution in [1.29, 1.82) is 0 Å². The third kappa shape index (κ3) is 7.11. The lowest BCUT2D eigenvalue weighted by molar-refractivity contribution is 0.0675. The molecule has 1 heterocycles. The second-order valence-electron chi connectivity index (χ2n) is 6.70. The molecule has 0 radical (unpaired) electrons. The van der Waals surface area contributed by atoms with E-state index in [4.69, 9.17) is 4.42 Å². The molecule has 0 aliphatic rings. The number of rotatable bonds is 9. The summed E-state index contributed by atoms with van der Waals surface area (Å²) in [6.45, 7) is 11.2. The normalized spacial score (nSPS) is 15.3. The lowest BCUT2D eigenvalue weighted by Crippen LogP contribution is -2.28. The molecule has 1 aromatic heterocycles. The molecule has 0 saturated heterocycles. The Labute approximate surface area is 123 Å². The molecule has 0 bridgehead atoms. The molecule has 3 heteroatoms. The molecule has 3 nitrogen and oxygen atoms in total. The summed E-state index contributed by atoms with van der Waals surface area (Å²) in [5, 5.41) is 13.2. The number of furan rings is 1. The topological polar surface area (TPSA) is 45.4 Å². The monoisotopic (exact) mass is 281 g/mol. The summed E-state index contributed by atoms with van der Waals surface area (Å²) >= 11 is 0. The maximum atomic E-state index is 9.68. The summed E-state index contributed by atoms with van der Waals surface area (Å²) in [5.41, 5.74) is -0.536. The first-order valence-electron chi connectivity index (χ1n) is 7.80. The fraction of sp³-hybridized carbons (Fsp3) is 0.765. The first kappa shape index (κ1) is 17.3. The van der Waals surface area contributed by atoms with Gasteiger partial charge in [-0.3, -0.25) is 0 Å². The van der Waals surface area contributed by atoms with Crippen LogP contribution in [0.2, 0.25) is 0 Å². The lowest BCUT2D eigenvalue weighted by Gasteiger charge is -2.19. The van der Waals surface area contributed by atoms with Crippen molar-refractivity contribution in [2.24, 2.45) is 0 Å².